The zero-order chi connectivity index (χ0) is 14.5. The average molecular weight is 276 g/mol. The molecule has 0 bridgehead atoms. The molecule has 6 heteroatoms. The Morgan fingerprint density at radius 1 is 1.50 bits per heavy atom. The second-order valence-corrected chi connectivity index (χ2v) is 4.77. The SMILES string of the molecule is CCC1C(=O)NCCN1C(C(=O)NN)c1ccccc1. The molecule has 1 aliphatic heterocycles. The van der Waals surface area contributed by atoms with E-state index in [9.17, 15) is 9.59 Å². The lowest BCUT2D eigenvalue weighted by Crippen LogP contribution is -2.58. The zero-order valence-corrected chi connectivity index (χ0v) is 11.5. The molecule has 0 saturated carbocycles. The number of carbonyl (C=O) groups is 2. The fourth-order valence-corrected chi connectivity index (χ4v) is 2.67. The smallest absolute Gasteiger partial charge is 0.255 e. The van der Waals surface area contributed by atoms with E-state index in [1.54, 1.807) is 0 Å². The number of nitrogens with one attached hydrogen (secondary N) is 2. The number of piperazine rings is 1. The van der Waals surface area contributed by atoms with Gasteiger partial charge >= 0.3 is 0 Å². The van der Waals surface area contributed by atoms with Crippen molar-refractivity contribution in [3.8, 4) is 0 Å². The summed E-state index contributed by atoms with van der Waals surface area (Å²) in [6.07, 6.45) is 0.646. The standard InChI is InChI=1S/C14H20N4O2/c1-2-11-13(19)16-8-9-18(11)12(14(20)17-15)10-6-4-3-5-7-10/h3-7,11-12H,2,8-9,15H2,1H3,(H,16,19)(H,17,20). The molecule has 0 aliphatic carbocycles. The number of benzene rings is 1. The Balaban J connectivity index is 2.35. The van der Waals surface area contributed by atoms with Gasteiger partial charge < -0.3 is 5.32 Å². The number of hydrazine groups is 1. The molecule has 1 heterocycles. The summed E-state index contributed by atoms with van der Waals surface area (Å²) in [5, 5.41) is 2.83. The Morgan fingerprint density at radius 2 is 2.20 bits per heavy atom. The molecule has 1 aliphatic rings. The van der Waals surface area contributed by atoms with E-state index < -0.39 is 6.04 Å². The maximum Gasteiger partial charge on any atom is 0.255 e. The molecular formula is C14H20N4O2. The summed E-state index contributed by atoms with van der Waals surface area (Å²) in [6, 6.07) is 8.52. The fraction of sp³-hybridized carbons (Fsp3) is 0.429. The first-order valence-electron chi connectivity index (χ1n) is 6.78. The fourth-order valence-electron chi connectivity index (χ4n) is 2.67. The average Bonchev–Trinajstić information content (AvgIpc) is 2.48. The Morgan fingerprint density at radius 3 is 2.80 bits per heavy atom. The maximum atomic E-state index is 12.2. The highest BCUT2D eigenvalue weighted by atomic mass is 16.2. The van der Waals surface area contributed by atoms with Crippen molar-refractivity contribution < 1.29 is 9.59 Å². The summed E-state index contributed by atoms with van der Waals surface area (Å²) >= 11 is 0. The molecule has 2 unspecified atom stereocenters. The molecule has 2 rings (SSSR count). The molecule has 2 amide bonds. The van der Waals surface area contributed by atoms with Gasteiger partial charge in [0, 0.05) is 13.1 Å². The third-order valence-corrected chi connectivity index (χ3v) is 3.60. The number of amides is 2. The third kappa shape index (κ3) is 2.81. The van der Waals surface area contributed by atoms with Gasteiger partial charge in [-0.2, -0.15) is 0 Å². The van der Waals surface area contributed by atoms with E-state index in [4.69, 9.17) is 5.84 Å². The van der Waals surface area contributed by atoms with Crippen molar-refractivity contribution in [2.75, 3.05) is 13.1 Å². The molecule has 0 radical (unpaired) electrons. The quantitative estimate of drug-likeness (QED) is 0.408. The molecule has 20 heavy (non-hydrogen) atoms. The number of nitrogens with two attached hydrogens (primary N) is 1. The molecule has 4 N–H and O–H groups in total. The van der Waals surface area contributed by atoms with Crippen LogP contribution in [0.2, 0.25) is 0 Å². The summed E-state index contributed by atoms with van der Waals surface area (Å²) in [5.74, 6) is 4.97. The second-order valence-electron chi connectivity index (χ2n) is 4.77. The molecule has 1 aromatic rings. The highest BCUT2D eigenvalue weighted by molar-refractivity contribution is 5.86. The van der Waals surface area contributed by atoms with Crippen LogP contribution < -0.4 is 16.6 Å². The predicted molar refractivity (Wildman–Crippen MR) is 75.3 cm³/mol. The van der Waals surface area contributed by atoms with Gasteiger partial charge in [0.1, 0.15) is 6.04 Å². The van der Waals surface area contributed by atoms with Crippen molar-refractivity contribution in [2.24, 2.45) is 5.84 Å². The van der Waals surface area contributed by atoms with Crippen LogP contribution in [0, 0.1) is 0 Å². The normalized spacial score (nSPS) is 21.1. The molecule has 0 aromatic heterocycles. The number of nitrogens with zero attached hydrogens (tertiary/aromatic N) is 1. The minimum Gasteiger partial charge on any atom is -0.353 e. The number of carbonyl (C=O) groups excluding carboxylic acids is 2. The van der Waals surface area contributed by atoms with Gasteiger partial charge in [0.05, 0.1) is 6.04 Å². The van der Waals surface area contributed by atoms with Crippen LogP contribution in [-0.2, 0) is 9.59 Å². The van der Waals surface area contributed by atoms with E-state index in [-0.39, 0.29) is 17.9 Å². The van der Waals surface area contributed by atoms with Crippen LogP contribution in [0.4, 0.5) is 0 Å². The number of hydrogen-bond acceptors (Lipinski definition) is 4. The summed E-state index contributed by atoms with van der Waals surface area (Å²) < 4.78 is 0. The number of hydrogen-bond donors (Lipinski definition) is 3. The summed E-state index contributed by atoms with van der Waals surface area (Å²) in [4.78, 5) is 26.1. The van der Waals surface area contributed by atoms with Crippen molar-refractivity contribution in [3.63, 3.8) is 0 Å². The topological polar surface area (TPSA) is 87.5 Å². The van der Waals surface area contributed by atoms with Crippen LogP contribution in [0.5, 0.6) is 0 Å². The van der Waals surface area contributed by atoms with Crippen molar-refractivity contribution >= 4 is 11.8 Å². The zero-order valence-electron chi connectivity index (χ0n) is 11.5. The maximum absolute atomic E-state index is 12.2. The van der Waals surface area contributed by atoms with E-state index in [2.05, 4.69) is 10.7 Å². The molecule has 0 spiro atoms. The Labute approximate surface area is 118 Å². The summed E-state index contributed by atoms with van der Waals surface area (Å²) in [5.41, 5.74) is 3.04. The second kappa shape index (κ2) is 6.49. The van der Waals surface area contributed by atoms with Gasteiger partial charge in [-0.25, -0.2) is 5.84 Å². The van der Waals surface area contributed by atoms with Crippen LogP contribution >= 0.6 is 0 Å². The first kappa shape index (κ1) is 14.5. The van der Waals surface area contributed by atoms with Gasteiger partial charge in [0.2, 0.25) is 5.91 Å². The largest absolute Gasteiger partial charge is 0.353 e. The van der Waals surface area contributed by atoms with Crippen molar-refractivity contribution in [3.05, 3.63) is 35.9 Å². The van der Waals surface area contributed by atoms with Crippen LogP contribution in [0.1, 0.15) is 24.9 Å². The van der Waals surface area contributed by atoms with Gasteiger partial charge in [0.15, 0.2) is 0 Å². The Bertz CT molecular complexity index is 477. The monoisotopic (exact) mass is 276 g/mol. The molecule has 1 aromatic carbocycles. The molecule has 2 atom stereocenters. The minimum atomic E-state index is -0.544. The van der Waals surface area contributed by atoms with Gasteiger partial charge in [-0.05, 0) is 12.0 Å². The van der Waals surface area contributed by atoms with E-state index in [1.165, 1.54) is 0 Å². The lowest BCUT2D eigenvalue weighted by Gasteiger charge is -2.39. The van der Waals surface area contributed by atoms with Crippen LogP contribution in [-0.4, -0.2) is 35.8 Å². The van der Waals surface area contributed by atoms with E-state index in [1.807, 2.05) is 42.2 Å². The first-order chi connectivity index (χ1) is 9.69. The first-order valence-corrected chi connectivity index (χ1v) is 6.78. The van der Waals surface area contributed by atoms with Crippen LogP contribution in [0.3, 0.4) is 0 Å². The Kier molecular flexibility index (Phi) is 4.70. The van der Waals surface area contributed by atoms with Crippen LogP contribution in [0.25, 0.3) is 0 Å². The van der Waals surface area contributed by atoms with Crippen LogP contribution in [0.15, 0.2) is 30.3 Å². The van der Waals surface area contributed by atoms with Crippen molar-refractivity contribution in [1.29, 1.82) is 0 Å². The molecule has 1 fully saturated rings. The van der Waals surface area contributed by atoms with Crippen molar-refractivity contribution in [2.45, 2.75) is 25.4 Å². The molecule has 6 nitrogen and oxygen atoms in total. The highest BCUT2D eigenvalue weighted by Crippen LogP contribution is 2.25. The van der Waals surface area contributed by atoms with Gasteiger partial charge in [-0.3, -0.25) is 19.9 Å². The lowest BCUT2D eigenvalue weighted by atomic mass is 9.99. The third-order valence-electron chi connectivity index (χ3n) is 3.60. The van der Waals surface area contributed by atoms with Gasteiger partial charge in [-0.15, -0.1) is 0 Å². The van der Waals surface area contributed by atoms with E-state index >= 15 is 0 Å². The molecule has 108 valence electrons. The molecule has 1 saturated heterocycles. The van der Waals surface area contributed by atoms with Crippen molar-refractivity contribution in [1.82, 2.24) is 15.6 Å². The van der Waals surface area contributed by atoms with E-state index in [0.717, 1.165) is 5.56 Å². The summed E-state index contributed by atoms with van der Waals surface area (Å²) in [7, 11) is 0. The van der Waals surface area contributed by atoms with Gasteiger partial charge in [-0.1, -0.05) is 37.3 Å². The summed E-state index contributed by atoms with van der Waals surface area (Å²) in [6.45, 7) is 3.10. The predicted octanol–water partition coefficient (Wildman–Crippen LogP) is -0.0720. The number of rotatable bonds is 4. The Hall–Kier alpha value is -1.92. The van der Waals surface area contributed by atoms with Gasteiger partial charge in [0.25, 0.3) is 5.91 Å². The van der Waals surface area contributed by atoms with E-state index in [0.29, 0.717) is 19.5 Å². The molecular weight excluding hydrogens is 256 g/mol. The minimum absolute atomic E-state index is 0.0375. The highest BCUT2D eigenvalue weighted by Gasteiger charge is 2.37. The lowest BCUT2D eigenvalue weighted by molar-refractivity contribution is -0.135.